The average Bonchev–Trinajstić information content (AvgIpc) is 2.69. The van der Waals surface area contributed by atoms with Crippen LogP contribution in [0.5, 0.6) is 5.75 Å². The highest BCUT2D eigenvalue weighted by Gasteiger charge is 2.36. The number of nitrogens with one attached hydrogen (secondary N) is 2. The van der Waals surface area contributed by atoms with E-state index in [0.717, 1.165) is 0 Å². The molecule has 0 heterocycles. The molecule has 0 atom stereocenters. The van der Waals surface area contributed by atoms with Gasteiger partial charge in [-0.3, -0.25) is 9.59 Å². The van der Waals surface area contributed by atoms with Crippen LogP contribution in [0.25, 0.3) is 0 Å². The number of ether oxygens (including phenoxy) is 2. The number of amides is 2. The van der Waals surface area contributed by atoms with Crippen molar-refractivity contribution in [2.75, 3.05) is 24.4 Å². The van der Waals surface area contributed by atoms with E-state index in [4.69, 9.17) is 4.74 Å². The van der Waals surface area contributed by atoms with Crippen molar-refractivity contribution in [2.24, 2.45) is 5.41 Å². The molecule has 2 N–H and O–H groups in total. The van der Waals surface area contributed by atoms with E-state index in [9.17, 15) is 14.4 Å². The Morgan fingerprint density at radius 2 is 1.32 bits per heavy atom. The lowest BCUT2D eigenvalue weighted by molar-refractivity contribution is -0.135. The Kier molecular flexibility index (Phi) is 6.76. The maximum absolute atomic E-state index is 12.6. The van der Waals surface area contributed by atoms with Gasteiger partial charge in [-0.15, -0.1) is 0 Å². The molecule has 2 aromatic carbocycles. The second-order valence-electron chi connectivity index (χ2n) is 6.56. The lowest BCUT2D eigenvalue weighted by Gasteiger charge is -2.23. The van der Waals surface area contributed by atoms with E-state index in [-0.39, 0.29) is 0 Å². The SMILES string of the molecule is CCOc1ccc(NC(=O)C(C)(C)C(=O)Nc2ccc(C(=O)OC)cc2)cc1. The maximum atomic E-state index is 12.6. The van der Waals surface area contributed by atoms with Gasteiger partial charge in [-0.2, -0.15) is 0 Å². The van der Waals surface area contributed by atoms with Crippen LogP contribution < -0.4 is 15.4 Å². The Morgan fingerprint density at radius 1 is 0.857 bits per heavy atom. The Morgan fingerprint density at radius 3 is 1.75 bits per heavy atom. The molecule has 148 valence electrons. The normalized spacial score (nSPS) is 10.7. The number of methoxy groups -OCH3 is 1. The quantitative estimate of drug-likeness (QED) is 0.563. The zero-order valence-electron chi connectivity index (χ0n) is 16.4. The predicted octanol–water partition coefficient (Wildman–Crippen LogP) is 3.48. The standard InChI is InChI=1S/C21H24N2O5/c1-5-28-17-12-10-16(11-13-17)23-20(26)21(2,3)19(25)22-15-8-6-14(7-9-15)18(24)27-4/h6-13H,5H2,1-4H3,(H,22,25)(H,23,26). The number of esters is 1. The van der Waals surface area contributed by atoms with Crippen molar-refractivity contribution in [2.45, 2.75) is 20.8 Å². The van der Waals surface area contributed by atoms with Gasteiger partial charge in [0.25, 0.3) is 0 Å². The van der Waals surface area contributed by atoms with Crippen molar-refractivity contribution < 1.29 is 23.9 Å². The van der Waals surface area contributed by atoms with Crippen LogP contribution in [-0.2, 0) is 14.3 Å². The van der Waals surface area contributed by atoms with Gasteiger partial charge in [0, 0.05) is 11.4 Å². The van der Waals surface area contributed by atoms with E-state index in [0.29, 0.717) is 29.3 Å². The summed E-state index contributed by atoms with van der Waals surface area (Å²) in [7, 11) is 1.30. The third kappa shape index (κ3) is 5.09. The Bertz CT molecular complexity index is 842. The molecule has 7 nitrogen and oxygen atoms in total. The number of carbonyl (C=O) groups excluding carboxylic acids is 3. The van der Waals surface area contributed by atoms with Crippen molar-refractivity contribution in [1.29, 1.82) is 0 Å². The maximum Gasteiger partial charge on any atom is 0.337 e. The smallest absolute Gasteiger partial charge is 0.337 e. The van der Waals surface area contributed by atoms with Gasteiger partial charge in [0.1, 0.15) is 11.2 Å². The fraction of sp³-hybridized carbons (Fsp3) is 0.286. The summed E-state index contributed by atoms with van der Waals surface area (Å²) in [6.07, 6.45) is 0. The summed E-state index contributed by atoms with van der Waals surface area (Å²) in [5.74, 6) is -0.678. The molecule has 2 aromatic rings. The average molecular weight is 384 g/mol. The van der Waals surface area contributed by atoms with Crippen LogP contribution in [0.2, 0.25) is 0 Å². The molecule has 0 bridgehead atoms. The molecule has 0 spiro atoms. The highest BCUT2D eigenvalue weighted by Crippen LogP contribution is 2.23. The number of anilines is 2. The molecule has 0 saturated carbocycles. The van der Waals surface area contributed by atoms with Gasteiger partial charge >= 0.3 is 5.97 Å². The molecule has 0 aliphatic rings. The van der Waals surface area contributed by atoms with Crippen LogP contribution in [0.1, 0.15) is 31.1 Å². The molecule has 28 heavy (non-hydrogen) atoms. The first kappa shape index (κ1) is 21.0. The topological polar surface area (TPSA) is 93.7 Å². The summed E-state index contributed by atoms with van der Waals surface area (Å²) in [6.45, 7) is 5.52. The molecule has 0 aromatic heterocycles. The molecule has 7 heteroatoms. The Hall–Kier alpha value is -3.35. The van der Waals surface area contributed by atoms with E-state index in [1.54, 1.807) is 36.4 Å². The van der Waals surface area contributed by atoms with Gasteiger partial charge in [-0.1, -0.05) is 0 Å². The monoisotopic (exact) mass is 384 g/mol. The van der Waals surface area contributed by atoms with E-state index in [2.05, 4.69) is 15.4 Å². The minimum Gasteiger partial charge on any atom is -0.494 e. The van der Waals surface area contributed by atoms with E-state index in [1.165, 1.54) is 33.1 Å². The zero-order valence-corrected chi connectivity index (χ0v) is 16.4. The van der Waals surface area contributed by atoms with Crippen LogP contribution in [0.4, 0.5) is 11.4 Å². The summed E-state index contributed by atoms with van der Waals surface area (Å²) < 4.78 is 10.00. The van der Waals surface area contributed by atoms with Gasteiger partial charge in [0.2, 0.25) is 11.8 Å². The van der Waals surface area contributed by atoms with Gasteiger partial charge in [-0.25, -0.2) is 4.79 Å². The second-order valence-corrected chi connectivity index (χ2v) is 6.56. The summed E-state index contributed by atoms with van der Waals surface area (Å²) in [4.78, 5) is 36.6. The largest absolute Gasteiger partial charge is 0.494 e. The lowest BCUT2D eigenvalue weighted by atomic mass is 9.90. The van der Waals surface area contributed by atoms with Crippen LogP contribution in [-0.4, -0.2) is 31.5 Å². The van der Waals surface area contributed by atoms with E-state index in [1.807, 2.05) is 6.92 Å². The number of hydrogen-bond acceptors (Lipinski definition) is 5. The third-order valence-corrected chi connectivity index (χ3v) is 4.12. The predicted molar refractivity (Wildman–Crippen MR) is 106 cm³/mol. The number of carbonyl (C=O) groups is 3. The number of rotatable bonds is 7. The van der Waals surface area contributed by atoms with Gasteiger partial charge < -0.3 is 20.1 Å². The molecular formula is C21H24N2O5. The first-order valence-corrected chi connectivity index (χ1v) is 8.82. The highest BCUT2D eigenvalue weighted by atomic mass is 16.5. The zero-order chi connectivity index (χ0) is 20.7. The Balaban J connectivity index is 2.02. The van der Waals surface area contributed by atoms with Gasteiger partial charge in [-0.05, 0) is 69.3 Å². The molecule has 2 rings (SSSR count). The summed E-state index contributed by atoms with van der Waals surface area (Å²) >= 11 is 0. The van der Waals surface area contributed by atoms with Crippen molar-refractivity contribution in [3.63, 3.8) is 0 Å². The third-order valence-electron chi connectivity index (χ3n) is 4.12. The molecule has 0 unspecified atom stereocenters. The van der Waals surface area contributed by atoms with Crippen LogP contribution in [0, 0.1) is 5.41 Å². The van der Waals surface area contributed by atoms with Crippen molar-refractivity contribution in [3.8, 4) is 5.75 Å². The minimum absolute atomic E-state index is 0.369. The first-order valence-electron chi connectivity index (χ1n) is 8.82. The van der Waals surface area contributed by atoms with Crippen LogP contribution >= 0.6 is 0 Å². The number of hydrogen-bond donors (Lipinski definition) is 2. The van der Waals surface area contributed by atoms with Crippen molar-refractivity contribution in [3.05, 3.63) is 54.1 Å². The molecule has 0 aliphatic heterocycles. The number of benzene rings is 2. The van der Waals surface area contributed by atoms with Crippen molar-refractivity contribution in [1.82, 2.24) is 0 Å². The Labute approximate surface area is 164 Å². The summed E-state index contributed by atoms with van der Waals surface area (Å²) in [5, 5.41) is 5.42. The van der Waals surface area contributed by atoms with E-state index >= 15 is 0 Å². The summed E-state index contributed by atoms with van der Waals surface area (Å²) in [6, 6.07) is 13.1. The molecule has 2 amide bonds. The van der Waals surface area contributed by atoms with Gasteiger partial charge in [0.05, 0.1) is 19.3 Å². The molecule has 0 saturated heterocycles. The second kappa shape index (κ2) is 9.03. The minimum atomic E-state index is -1.32. The molecule has 0 fully saturated rings. The fourth-order valence-electron chi connectivity index (χ4n) is 2.29. The van der Waals surface area contributed by atoms with E-state index < -0.39 is 23.2 Å². The first-order chi connectivity index (χ1) is 13.3. The fourth-order valence-corrected chi connectivity index (χ4v) is 2.29. The molecular weight excluding hydrogens is 360 g/mol. The molecule has 0 aliphatic carbocycles. The van der Waals surface area contributed by atoms with Crippen molar-refractivity contribution >= 4 is 29.2 Å². The lowest BCUT2D eigenvalue weighted by Crippen LogP contribution is -2.41. The highest BCUT2D eigenvalue weighted by molar-refractivity contribution is 6.14. The van der Waals surface area contributed by atoms with Crippen LogP contribution in [0.3, 0.4) is 0 Å². The van der Waals surface area contributed by atoms with Gasteiger partial charge in [0.15, 0.2) is 0 Å². The summed E-state index contributed by atoms with van der Waals surface area (Å²) in [5.41, 5.74) is 0.0870. The van der Waals surface area contributed by atoms with Crippen LogP contribution in [0.15, 0.2) is 48.5 Å². The molecule has 0 radical (unpaired) electrons.